The SMILES string of the molecule is O=C(CN1c2ccccc2S(=O)(=O)c2ccccc21)NCCc1ccccc1. The highest BCUT2D eigenvalue weighted by Gasteiger charge is 2.34. The molecule has 0 unspecified atom stereocenters. The molecule has 3 aromatic rings. The van der Waals surface area contributed by atoms with E-state index in [-0.39, 0.29) is 22.2 Å². The first-order valence-electron chi connectivity index (χ1n) is 9.09. The monoisotopic (exact) mass is 392 g/mol. The fourth-order valence-electron chi connectivity index (χ4n) is 3.42. The van der Waals surface area contributed by atoms with Gasteiger partial charge in [-0.2, -0.15) is 0 Å². The molecule has 0 fully saturated rings. The number of nitrogens with one attached hydrogen (secondary N) is 1. The van der Waals surface area contributed by atoms with Crippen LogP contribution in [-0.2, 0) is 21.1 Å². The number of hydrogen-bond donors (Lipinski definition) is 1. The van der Waals surface area contributed by atoms with Crippen LogP contribution in [0.2, 0.25) is 0 Å². The summed E-state index contributed by atoms with van der Waals surface area (Å²) in [4.78, 5) is 14.8. The second-order valence-electron chi connectivity index (χ2n) is 6.61. The fourth-order valence-corrected chi connectivity index (χ4v) is 5.08. The molecule has 1 heterocycles. The third-order valence-corrected chi connectivity index (χ3v) is 6.62. The van der Waals surface area contributed by atoms with E-state index in [4.69, 9.17) is 0 Å². The van der Waals surface area contributed by atoms with E-state index in [0.29, 0.717) is 17.9 Å². The molecule has 1 N–H and O–H groups in total. The Bertz CT molecular complexity index is 1060. The molecule has 4 rings (SSSR count). The number of benzene rings is 3. The van der Waals surface area contributed by atoms with Crippen LogP contribution in [-0.4, -0.2) is 27.4 Å². The molecule has 0 saturated heterocycles. The van der Waals surface area contributed by atoms with Crippen LogP contribution in [0, 0.1) is 0 Å². The summed E-state index contributed by atoms with van der Waals surface area (Å²) in [6.07, 6.45) is 0.744. The fraction of sp³-hybridized carbons (Fsp3) is 0.136. The normalized spacial score (nSPS) is 14.1. The second-order valence-corrected chi connectivity index (χ2v) is 8.50. The van der Waals surface area contributed by atoms with Gasteiger partial charge in [0.15, 0.2) is 0 Å². The molecule has 1 amide bonds. The van der Waals surface area contributed by atoms with Crippen molar-refractivity contribution in [2.45, 2.75) is 16.2 Å². The van der Waals surface area contributed by atoms with Gasteiger partial charge < -0.3 is 10.2 Å². The highest BCUT2D eigenvalue weighted by Crippen LogP contribution is 2.43. The van der Waals surface area contributed by atoms with Crippen LogP contribution in [0.3, 0.4) is 0 Å². The number of para-hydroxylation sites is 2. The first-order valence-corrected chi connectivity index (χ1v) is 10.6. The van der Waals surface area contributed by atoms with Gasteiger partial charge in [0.25, 0.3) is 0 Å². The maximum atomic E-state index is 12.9. The van der Waals surface area contributed by atoms with E-state index in [1.165, 1.54) is 0 Å². The van der Waals surface area contributed by atoms with E-state index in [9.17, 15) is 13.2 Å². The number of nitrogens with zero attached hydrogens (tertiary/aromatic N) is 1. The number of hydrogen-bond acceptors (Lipinski definition) is 4. The summed E-state index contributed by atoms with van der Waals surface area (Å²) >= 11 is 0. The molecular formula is C22H20N2O3S. The van der Waals surface area contributed by atoms with Crippen LogP contribution >= 0.6 is 0 Å². The van der Waals surface area contributed by atoms with Gasteiger partial charge in [0, 0.05) is 6.54 Å². The zero-order chi connectivity index (χ0) is 19.6. The van der Waals surface area contributed by atoms with E-state index in [2.05, 4.69) is 5.32 Å². The van der Waals surface area contributed by atoms with Crippen molar-refractivity contribution in [3.8, 4) is 0 Å². The third-order valence-electron chi connectivity index (χ3n) is 4.77. The second kappa shape index (κ2) is 7.48. The number of amides is 1. The van der Waals surface area contributed by atoms with Crippen molar-refractivity contribution in [1.29, 1.82) is 0 Å². The molecule has 1 aliphatic heterocycles. The number of sulfone groups is 1. The molecule has 28 heavy (non-hydrogen) atoms. The van der Waals surface area contributed by atoms with Gasteiger partial charge >= 0.3 is 0 Å². The number of anilines is 2. The number of carbonyl (C=O) groups is 1. The Balaban J connectivity index is 1.55. The topological polar surface area (TPSA) is 66.5 Å². The Kier molecular flexibility index (Phi) is 4.88. The zero-order valence-electron chi connectivity index (χ0n) is 15.2. The Labute approximate surface area is 164 Å². The lowest BCUT2D eigenvalue weighted by atomic mass is 10.1. The quantitative estimate of drug-likeness (QED) is 0.723. The summed E-state index contributed by atoms with van der Waals surface area (Å²) in [5, 5.41) is 2.93. The zero-order valence-corrected chi connectivity index (χ0v) is 16.0. The molecule has 6 heteroatoms. The molecule has 0 aliphatic carbocycles. The lowest BCUT2D eigenvalue weighted by molar-refractivity contribution is -0.119. The molecule has 0 spiro atoms. The average molecular weight is 392 g/mol. The summed E-state index contributed by atoms with van der Waals surface area (Å²) in [7, 11) is -3.60. The third kappa shape index (κ3) is 3.39. The summed E-state index contributed by atoms with van der Waals surface area (Å²) < 4.78 is 25.9. The smallest absolute Gasteiger partial charge is 0.239 e. The number of carbonyl (C=O) groups excluding carboxylic acids is 1. The van der Waals surface area contributed by atoms with Crippen molar-refractivity contribution in [3.63, 3.8) is 0 Å². The molecule has 0 aromatic heterocycles. The molecule has 5 nitrogen and oxygen atoms in total. The molecule has 0 radical (unpaired) electrons. The standard InChI is InChI=1S/C22H20N2O3S/c25-22(23-15-14-17-8-2-1-3-9-17)16-24-18-10-4-6-12-20(18)28(26,27)21-13-7-5-11-19(21)24/h1-13H,14-16H2,(H,23,25). The van der Waals surface area contributed by atoms with Crippen molar-refractivity contribution in [2.75, 3.05) is 18.0 Å². The van der Waals surface area contributed by atoms with Gasteiger partial charge in [0.05, 0.1) is 21.2 Å². The first kappa shape index (κ1) is 18.3. The van der Waals surface area contributed by atoms with Crippen LogP contribution in [0.25, 0.3) is 0 Å². The minimum absolute atomic E-state index is 0.0539. The van der Waals surface area contributed by atoms with Crippen molar-refractivity contribution in [1.82, 2.24) is 5.32 Å². The summed E-state index contributed by atoms with van der Waals surface area (Å²) in [6.45, 7) is 0.580. The Morgan fingerprint density at radius 3 is 1.93 bits per heavy atom. The van der Waals surface area contributed by atoms with E-state index in [1.807, 2.05) is 30.3 Å². The Morgan fingerprint density at radius 1 is 0.786 bits per heavy atom. The van der Waals surface area contributed by atoms with Crippen LogP contribution in [0.5, 0.6) is 0 Å². The maximum absolute atomic E-state index is 12.9. The van der Waals surface area contributed by atoms with Crippen molar-refractivity contribution >= 4 is 27.1 Å². The molecule has 142 valence electrons. The van der Waals surface area contributed by atoms with Crippen LogP contribution in [0.4, 0.5) is 11.4 Å². The van der Waals surface area contributed by atoms with Crippen LogP contribution < -0.4 is 10.2 Å². The molecule has 1 aliphatic rings. The first-order chi connectivity index (χ1) is 13.6. The Hall–Kier alpha value is -3.12. The van der Waals surface area contributed by atoms with Gasteiger partial charge in [-0.05, 0) is 36.2 Å². The van der Waals surface area contributed by atoms with E-state index in [0.717, 1.165) is 12.0 Å². The molecule has 0 atom stereocenters. The molecule has 3 aromatic carbocycles. The summed E-state index contributed by atoms with van der Waals surface area (Å²) in [5.74, 6) is -0.153. The van der Waals surface area contributed by atoms with Gasteiger partial charge in [-0.3, -0.25) is 4.79 Å². The van der Waals surface area contributed by atoms with Crippen LogP contribution in [0.15, 0.2) is 88.7 Å². The Morgan fingerprint density at radius 2 is 1.32 bits per heavy atom. The molecule has 0 bridgehead atoms. The van der Waals surface area contributed by atoms with E-state index >= 15 is 0 Å². The van der Waals surface area contributed by atoms with Gasteiger partial charge in [-0.15, -0.1) is 0 Å². The predicted molar refractivity (Wildman–Crippen MR) is 108 cm³/mol. The lowest BCUT2D eigenvalue weighted by Gasteiger charge is -2.32. The largest absolute Gasteiger partial charge is 0.354 e. The highest BCUT2D eigenvalue weighted by atomic mass is 32.2. The predicted octanol–water partition coefficient (Wildman–Crippen LogP) is 3.33. The van der Waals surface area contributed by atoms with Crippen molar-refractivity contribution < 1.29 is 13.2 Å². The van der Waals surface area contributed by atoms with Crippen molar-refractivity contribution in [2.24, 2.45) is 0 Å². The van der Waals surface area contributed by atoms with Gasteiger partial charge in [0.2, 0.25) is 15.7 Å². The highest BCUT2D eigenvalue weighted by molar-refractivity contribution is 7.92. The minimum Gasteiger partial charge on any atom is -0.354 e. The van der Waals surface area contributed by atoms with E-state index < -0.39 is 9.84 Å². The molecule has 0 saturated carbocycles. The summed E-state index contributed by atoms with van der Waals surface area (Å²) in [5.41, 5.74) is 2.21. The van der Waals surface area contributed by atoms with Gasteiger partial charge in [-0.25, -0.2) is 8.42 Å². The number of fused-ring (bicyclic) bond motifs is 2. The minimum atomic E-state index is -3.60. The maximum Gasteiger partial charge on any atom is 0.239 e. The van der Waals surface area contributed by atoms with Gasteiger partial charge in [0.1, 0.15) is 6.54 Å². The number of rotatable bonds is 5. The lowest BCUT2D eigenvalue weighted by Crippen LogP contribution is -2.38. The van der Waals surface area contributed by atoms with Gasteiger partial charge in [-0.1, -0.05) is 54.6 Å². The van der Waals surface area contributed by atoms with Crippen molar-refractivity contribution in [3.05, 3.63) is 84.4 Å². The summed E-state index contributed by atoms with van der Waals surface area (Å²) in [6, 6.07) is 23.5. The van der Waals surface area contributed by atoms with Crippen LogP contribution in [0.1, 0.15) is 5.56 Å². The van der Waals surface area contributed by atoms with E-state index in [1.54, 1.807) is 53.4 Å². The molecular weight excluding hydrogens is 372 g/mol. The average Bonchev–Trinajstić information content (AvgIpc) is 2.72.